The lowest BCUT2D eigenvalue weighted by Crippen LogP contribution is -2.59. The van der Waals surface area contributed by atoms with Crippen molar-refractivity contribution in [3.63, 3.8) is 0 Å². The lowest BCUT2D eigenvalue weighted by atomic mass is 9.64. The highest BCUT2D eigenvalue weighted by molar-refractivity contribution is 6.00. The van der Waals surface area contributed by atoms with Crippen molar-refractivity contribution in [2.75, 3.05) is 7.11 Å². The summed E-state index contributed by atoms with van der Waals surface area (Å²) in [5, 5.41) is 13.3. The lowest BCUT2D eigenvalue weighted by molar-refractivity contribution is -0.136. The monoisotopic (exact) mass is 548 g/mol. The van der Waals surface area contributed by atoms with Gasteiger partial charge >= 0.3 is 5.97 Å². The maximum Gasteiger partial charge on any atom is 0.303 e. The van der Waals surface area contributed by atoms with Gasteiger partial charge in [0.2, 0.25) is 0 Å². The van der Waals surface area contributed by atoms with E-state index >= 15 is 0 Å². The Balaban J connectivity index is 1.32. The summed E-state index contributed by atoms with van der Waals surface area (Å²) in [7, 11) is 1.42. The molecule has 8 nitrogen and oxygen atoms in total. The quantitative estimate of drug-likeness (QED) is 0.332. The van der Waals surface area contributed by atoms with Crippen molar-refractivity contribution >= 4 is 22.7 Å². The van der Waals surface area contributed by atoms with Crippen molar-refractivity contribution in [2.24, 2.45) is 22.9 Å². The van der Waals surface area contributed by atoms with Crippen LogP contribution in [-0.4, -0.2) is 56.5 Å². The van der Waals surface area contributed by atoms with Crippen LogP contribution in [0.4, 0.5) is 0 Å². The van der Waals surface area contributed by atoms with Crippen LogP contribution in [0.15, 0.2) is 34.2 Å². The number of oxime groups is 1. The van der Waals surface area contributed by atoms with Gasteiger partial charge < -0.3 is 14.5 Å². The van der Waals surface area contributed by atoms with Gasteiger partial charge in [0.05, 0.1) is 17.5 Å². The third-order valence-electron chi connectivity index (χ3n) is 10.4. The van der Waals surface area contributed by atoms with Crippen molar-refractivity contribution in [2.45, 2.75) is 115 Å². The highest BCUT2D eigenvalue weighted by Crippen LogP contribution is 2.49. The van der Waals surface area contributed by atoms with Crippen molar-refractivity contribution < 1.29 is 14.7 Å². The number of fused-ring (bicyclic) bond motifs is 5. The number of hydrogen-bond donors (Lipinski definition) is 1. The Bertz CT molecular complexity index is 1290. The maximum atomic E-state index is 14.1. The molecule has 8 heteroatoms. The number of carbonyl (C=O) groups is 1. The molecule has 1 aromatic heterocycles. The van der Waals surface area contributed by atoms with Crippen LogP contribution < -0.4 is 5.56 Å². The molecule has 7 atom stereocenters. The fourth-order valence-electron chi connectivity index (χ4n) is 8.97. The first-order valence-electron chi connectivity index (χ1n) is 15.6. The zero-order valence-electron chi connectivity index (χ0n) is 24.0. The third-order valence-corrected chi connectivity index (χ3v) is 10.4. The Kier molecular flexibility index (Phi) is 7.98. The molecule has 2 saturated heterocycles. The van der Waals surface area contributed by atoms with Crippen LogP contribution in [0.25, 0.3) is 11.0 Å². The molecule has 4 bridgehead atoms. The number of hydrogen-bond acceptors (Lipinski definition) is 6. The Hall–Kier alpha value is -2.74. The smallest absolute Gasteiger partial charge is 0.303 e. The van der Waals surface area contributed by atoms with E-state index in [0.717, 1.165) is 41.6 Å². The van der Waals surface area contributed by atoms with Gasteiger partial charge in [-0.2, -0.15) is 0 Å². The summed E-state index contributed by atoms with van der Waals surface area (Å²) in [5.41, 5.74) is 1.90. The molecule has 216 valence electrons. The van der Waals surface area contributed by atoms with Gasteiger partial charge in [-0.3, -0.25) is 14.5 Å². The molecule has 2 saturated carbocycles. The van der Waals surface area contributed by atoms with Gasteiger partial charge in [-0.1, -0.05) is 37.1 Å². The average molecular weight is 549 g/mol. The molecule has 3 unspecified atom stereocenters. The number of piperidine rings is 2. The molecule has 1 N–H and O–H groups in total. The minimum atomic E-state index is -0.942. The molecule has 2 aliphatic heterocycles. The van der Waals surface area contributed by atoms with E-state index < -0.39 is 5.97 Å². The summed E-state index contributed by atoms with van der Waals surface area (Å²) in [6.07, 6.45) is 13.9. The first-order chi connectivity index (χ1) is 19.4. The molecular weight excluding hydrogens is 504 g/mol. The highest BCUT2D eigenvalue weighted by atomic mass is 16.6. The predicted octanol–water partition coefficient (Wildman–Crippen LogP) is 5.77. The van der Waals surface area contributed by atoms with E-state index in [9.17, 15) is 14.7 Å². The fourth-order valence-corrected chi connectivity index (χ4v) is 8.97. The molecule has 4 aliphatic rings. The number of carboxylic acid groups (broad SMARTS) is 1. The molecule has 0 radical (unpaired) electrons. The van der Waals surface area contributed by atoms with Crippen LogP contribution in [0.5, 0.6) is 0 Å². The Morgan fingerprint density at radius 2 is 1.68 bits per heavy atom. The van der Waals surface area contributed by atoms with Crippen LogP contribution in [0.3, 0.4) is 0 Å². The van der Waals surface area contributed by atoms with Crippen molar-refractivity contribution in [1.82, 2.24) is 14.5 Å². The number of nitrogens with zero attached hydrogens (tertiary/aromatic N) is 4. The fraction of sp³-hybridized carbons (Fsp3) is 0.688. The third kappa shape index (κ3) is 5.31. The zero-order valence-corrected chi connectivity index (χ0v) is 24.0. The van der Waals surface area contributed by atoms with Gasteiger partial charge in [0.15, 0.2) is 5.69 Å². The molecular formula is C32H44N4O4. The van der Waals surface area contributed by atoms with E-state index in [-0.39, 0.29) is 30.1 Å². The summed E-state index contributed by atoms with van der Waals surface area (Å²) in [5.74, 6) is 1.76. The molecule has 1 aromatic carbocycles. The van der Waals surface area contributed by atoms with E-state index in [1.165, 1.54) is 64.9 Å². The van der Waals surface area contributed by atoms with Crippen molar-refractivity contribution in [3.05, 3.63) is 40.3 Å². The molecule has 3 heterocycles. The largest absolute Gasteiger partial charge is 0.481 e. The van der Waals surface area contributed by atoms with Crippen LogP contribution >= 0.6 is 0 Å². The summed E-state index contributed by atoms with van der Waals surface area (Å²) in [6.45, 7) is 2.37. The van der Waals surface area contributed by atoms with Gasteiger partial charge in [-0.25, -0.2) is 4.98 Å². The minimum absolute atomic E-state index is 0.0848. The van der Waals surface area contributed by atoms with Crippen LogP contribution in [0.1, 0.15) is 102 Å². The van der Waals surface area contributed by atoms with Crippen molar-refractivity contribution in [1.29, 1.82) is 0 Å². The number of rotatable bonds is 8. The zero-order chi connectivity index (χ0) is 27.8. The van der Waals surface area contributed by atoms with Crippen LogP contribution in [0, 0.1) is 17.8 Å². The van der Waals surface area contributed by atoms with Gasteiger partial charge in [0, 0.05) is 30.6 Å². The molecule has 2 aliphatic carbocycles. The second-order valence-corrected chi connectivity index (χ2v) is 12.9. The molecule has 0 spiro atoms. The molecule has 0 amide bonds. The maximum absolute atomic E-state index is 14.1. The standard InChI is InChI=1S/C32H44N4O4/c1-3-20-13-21-15-22(14-20)17-25(16-21)35-23-7-6-8-24(35)19-26(18-23)36-29-10-5-4-9-27(29)33-31(32(36)39)28(34-40-2)11-12-30(37)38/h4-5,9-10,20-26H,3,6-8,11-19H2,1-2H3,(H,37,38)/b34-28+/t20?,21-,22+,23-,24+,25?,26?. The SMILES string of the molecule is CCC1C[C@@H]2CC(N3[C@@H]4CCC[C@H]3CC(n3c(=O)c(/C(CCC(=O)O)=N/OC)nc5ccccc53)C4)C[C@H](C1)C2. The number of para-hydroxylation sites is 2. The van der Waals surface area contributed by atoms with Gasteiger partial charge in [0.1, 0.15) is 12.8 Å². The van der Waals surface area contributed by atoms with Gasteiger partial charge in [0.25, 0.3) is 5.56 Å². The number of benzene rings is 1. The first-order valence-corrected chi connectivity index (χ1v) is 15.6. The normalized spacial score (nSPS) is 32.6. The van der Waals surface area contributed by atoms with Crippen LogP contribution in [0.2, 0.25) is 0 Å². The second kappa shape index (κ2) is 11.6. The summed E-state index contributed by atoms with van der Waals surface area (Å²) in [4.78, 5) is 38.1. The summed E-state index contributed by atoms with van der Waals surface area (Å²) in [6, 6.07) is 9.60. The highest BCUT2D eigenvalue weighted by Gasteiger charge is 2.46. The Labute approximate surface area is 236 Å². The van der Waals surface area contributed by atoms with E-state index in [0.29, 0.717) is 23.8 Å². The number of aromatic nitrogens is 2. The Morgan fingerprint density at radius 1 is 0.975 bits per heavy atom. The number of carboxylic acids is 1. The van der Waals surface area contributed by atoms with E-state index in [1.54, 1.807) is 0 Å². The molecule has 4 fully saturated rings. The van der Waals surface area contributed by atoms with E-state index in [2.05, 4.69) is 22.0 Å². The predicted molar refractivity (Wildman–Crippen MR) is 156 cm³/mol. The second-order valence-electron chi connectivity index (χ2n) is 12.9. The lowest BCUT2D eigenvalue weighted by Gasteiger charge is -2.56. The number of aliphatic carboxylic acids is 1. The van der Waals surface area contributed by atoms with Crippen LogP contribution in [-0.2, 0) is 9.63 Å². The van der Waals surface area contributed by atoms with Gasteiger partial charge in [-0.15, -0.1) is 0 Å². The molecule has 40 heavy (non-hydrogen) atoms. The van der Waals surface area contributed by atoms with E-state index in [4.69, 9.17) is 4.84 Å². The summed E-state index contributed by atoms with van der Waals surface area (Å²) >= 11 is 0. The minimum Gasteiger partial charge on any atom is -0.481 e. The topological polar surface area (TPSA) is 97.0 Å². The van der Waals surface area contributed by atoms with Crippen molar-refractivity contribution in [3.8, 4) is 0 Å². The van der Waals surface area contributed by atoms with Gasteiger partial charge in [-0.05, 0) is 87.7 Å². The van der Waals surface area contributed by atoms with E-state index in [1.807, 2.05) is 28.8 Å². The Morgan fingerprint density at radius 3 is 2.33 bits per heavy atom. The molecule has 6 rings (SSSR count). The summed E-state index contributed by atoms with van der Waals surface area (Å²) < 4.78 is 1.97. The average Bonchev–Trinajstić information content (AvgIpc) is 2.93. The molecule has 2 aromatic rings. The first kappa shape index (κ1) is 27.4.